The van der Waals surface area contributed by atoms with Crippen molar-refractivity contribution in [3.05, 3.63) is 34.6 Å². The Morgan fingerprint density at radius 2 is 2.38 bits per heavy atom. The maximum atomic E-state index is 11.6. The lowest BCUT2D eigenvalue weighted by molar-refractivity contribution is 0.0518. The highest BCUT2D eigenvalue weighted by Crippen LogP contribution is 2.20. The Balaban J connectivity index is 2.54. The van der Waals surface area contributed by atoms with Gasteiger partial charge in [0.2, 0.25) is 0 Å². The quantitative estimate of drug-likeness (QED) is 0.794. The Morgan fingerprint density at radius 1 is 1.56 bits per heavy atom. The highest BCUT2D eigenvalue weighted by Gasteiger charge is 2.14. The van der Waals surface area contributed by atoms with Gasteiger partial charge in [0.15, 0.2) is 11.3 Å². The van der Waals surface area contributed by atoms with E-state index in [4.69, 9.17) is 4.74 Å². The normalized spacial score (nSPS) is 10.4. The molecule has 0 spiro atoms. The van der Waals surface area contributed by atoms with E-state index in [1.54, 1.807) is 13.1 Å². The van der Waals surface area contributed by atoms with E-state index in [9.17, 15) is 4.79 Å². The maximum Gasteiger partial charge on any atom is 0.358 e. The van der Waals surface area contributed by atoms with Gasteiger partial charge in [0.05, 0.1) is 11.1 Å². The topological polar surface area (TPSA) is 52.1 Å². The van der Waals surface area contributed by atoms with Gasteiger partial charge in [-0.25, -0.2) is 14.8 Å². The molecule has 82 valence electrons. The van der Waals surface area contributed by atoms with Crippen molar-refractivity contribution in [3.8, 4) is 0 Å². The van der Waals surface area contributed by atoms with Crippen LogP contribution < -0.4 is 0 Å². The van der Waals surface area contributed by atoms with Gasteiger partial charge in [-0.2, -0.15) is 0 Å². The lowest BCUT2D eigenvalue weighted by Crippen LogP contribution is -2.08. The lowest BCUT2D eigenvalue weighted by Gasteiger charge is -2.04. The number of nitrogens with zero attached hydrogens (tertiary/aromatic N) is 2. The molecule has 0 N–H and O–H groups in total. The SMILES string of the molecule is CCOC(=O)c1nc2ncccc2cc1Br. The smallest absolute Gasteiger partial charge is 0.358 e. The van der Waals surface area contributed by atoms with E-state index < -0.39 is 5.97 Å². The van der Waals surface area contributed by atoms with Crippen molar-refractivity contribution in [1.29, 1.82) is 0 Å². The van der Waals surface area contributed by atoms with Crippen LogP contribution in [0.4, 0.5) is 0 Å². The molecule has 0 radical (unpaired) electrons. The first-order valence-electron chi connectivity index (χ1n) is 4.80. The first kappa shape index (κ1) is 11.0. The Bertz CT molecular complexity index is 542. The molecule has 0 aliphatic carbocycles. The molecule has 0 atom stereocenters. The van der Waals surface area contributed by atoms with Gasteiger partial charge in [-0.15, -0.1) is 0 Å². The van der Waals surface area contributed by atoms with Crippen molar-refractivity contribution in [3.63, 3.8) is 0 Å². The highest BCUT2D eigenvalue weighted by molar-refractivity contribution is 9.10. The molecule has 4 nitrogen and oxygen atoms in total. The minimum Gasteiger partial charge on any atom is -0.461 e. The number of hydrogen-bond acceptors (Lipinski definition) is 4. The molecule has 0 fully saturated rings. The molecule has 0 saturated carbocycles. The standard InChI is InChI=1S/C11H9BrN2O2/c1-2-16-11(15)9-8(12)6-7-4-3-5-13-10(7)14-9/h3-6H,2H2,1H3. The summed E-state index contributed by atoms with van der Waals surface area (Å²) in [7, 11) is 0. The molecular weight excluding hydrogens is 272 g/mol. The van der Waals surface area contributed by atoms with E-state index in [0.29, 0.717) is 16.7 Å². The molecule has 0 bridgehead atoms. The van der Waals surface area contributed by atoms with Gasteiger partial charge in [0.1, 0.15) is 0 Å². The minimum atomic E-state index is -0.443. The van der Waals surface area contributed by atoms with Gasteiger partial charge in [-0.05, 0) is 41.1 Å². The van der Waals surface area contributed by atoms with Gasteiger partial charge >= 0.3 is 5.97 Å². The first-order valence-corrected chi connectivity index (χ1v) is 5.60. The molecule has 0 aliphatic heterocycles. The van der Waals surface area contributed by atoms with Crippen LogP contribution in [0.25, 0.3) is 11.0 Å². The van der Waals surface area contributed by atoms with E-state index in [0.717, 1.165) is 5.39 Å². The number of ether oxygens (including phenoxy) is 1. The second kappa shape index (κ2) is 4.57. The zero-order chi connectivity index (χ0) is 11.5. The summed E-state index contributed by atoms with van der Waals surface area (Å²) < 4.78 is 5.52. The van der Waals surface area contributed by atoms with Gasteiger partial charge in [0.25, 0.3) is 0 Å². The fourth-order valence-electron chi connectivity index (χ4n) is 1.32. The third-order valence-corrected chi connectivity index (χ3v) is 2.62. The van der Waals surface area contributed by atoms with E-state index in [-0.39, 0.29) is 5.69 Å². The molecule has 16 heavy (non-hydrogen) atoms. The number of halogens is 1. The summed E-state index contributed by atoms with van der Waals surface area (Å²) in [6.45, 7) is 2.08. The van der Waals surface area contributed by atoms with Crippen LogP contribution in [0.5, 0.6) is 0 Å². The monoisotopic (exact) mass is 280 g/mol. The van der Waals surface area contributed by atoms with Gasteiger partial charge < -0.3 is 4.74 Å². The summed E-state index contributed by atoms with van der Waals surface area (Å²) in [5, 5.41) is 0.877. The van der Waals surface area contributed by atoms with E-state index in [2.05, 4.69) is 25.9 Å². The minimum absolute atomic E-state index is 0.257. The van der Waals surface area contributed by atoms with E-state index >= 15 is 0 Å². The number of carbonyl (C=O) groups excluding carboxylic acids is 1. The van der Waals surface area contributed by atoms with Crippen LogP contribution in [0.1, 0.15) is 17.4 Å². The summed E-state index contributed by atoms with van der Waals surface area (Å²) in [6, 6.07) is 5.51. The zero-order valence-electron chi connectivity index (χ0n) is 8.61. The highest BCUT2D eigenvalue weighted by atomic mass is 79.9. The van der Waals surface area contributed by atoms with Crippen molar-refractivity contribution < 1.29 is 9.53 Å². The van der Waals surface area contributed by atoms with Gasteiger partial charge in [-0.1, -0.05) is 0 Å². The number of aromatic nitrogens is 2. The Morgan fingerprint density at radius 3 is 3.12 bits per heavy atom. The molecular formula is C11H9BrN2O2. The van der Waals surface area contributed by atoms with Crippen LogP contribution in [0.2, 0.25) is 0 Å². The molecule has 5 heteroatoms. The molecule has 2 aromatic heterocycles. The van der Waals surface area contributed by atoms with Crippen LogP contribution in [-0.2, 0) is 4.74 Å². The van der Waals surface area contributed by atoms with Crippen LogP contribution in [-0.4, -0.2) is 22.5 Å². The molecule has 0 amide bonds. The summed E-state index contributed by atoms with van der Waals surface area (Å²) in [4.78, 5) is 19.8. The van der Waals surface area contributed by atoms with Crippen LogP contribution in [0.3, 0.4) is 0 Å². The van der Waals surface area contributed by atoms with Crippen molar-refractivity contribution >= 4 is 32.9 Å². The number of fused-ring (bicyclic) bond motifs is 1. The summed E-state index contributed by atoms with van der Waals surface area (Å²) in [5.41, 5.74) is 0.793. The van der Waals surface area contributed by atoms with Crippen LogP contribution in [0, 0.1) is 0 Å². The number of hydrogen-bond donors (Lipinski definition) is 0. The molecule has 2 rings (SSSR count). The fourth-order valence-corrected chi connectivity index (χ4v) is 1.82. The van der Waals surface area contributed by atoms with Gasteiger partial charge in [0, 0.05) is 11.6 Å². The summed E-state index contributed by atoms with van der Waals surface area (Å²) in [5.74, 6) is -0.443. The van der Waals surface area contributed by atoms with E-state index in [1.807, 2.05) is 18.2 Å². The largest absolute Gasteiger partial charge is 0.461 e. The van der Waals surface area contributed by atoms with Crippen LogP contribution in [0.15, 0.2) is 28.9 Å². The lowest BCUT2D eigenvalue weighted by atomic mass is 10.2. The second-order valence-corrected chi connectivity index (χ2v) is 3.94. The van der Waals surface area contributed by atoms with Crippen molar-refractivity contribution in [2.24, 2.45) is 0 Å². The molecule has 2 aromatic rings. The average Bonchev–Trinajstić information content (AvgIpc) is 2.28. The third-order valence-electron chi connectivity index (χ3n) is 2.01. The number of esters is 1. The fraction of sp³-hybridized carbons (Fsp3) is 0.182. The summed E-state index contributed by atoms with van der Waals surface area (Å²) >= 11 is 3.30. The second-order valence-electron chi connectivity index (χ2n) is 3.09. The van der Waals surface area contributed by atoms with Crippen molar-refractivity contribution in [1.82, 2.24) is 9.97 Å². The molecule has 0 aromatic carbocycles. The Kier molecular flexibility index (Phi) is 3.14. The first-order chi connectivity index (χ1) is 7.72. The Labute approximate surface area is 101 Å². The average molecular weight is 281 g/mol. The molecule has 0 unspecified atom stereocenters. The molecule has 0 saturated heterocycles. The third kappa shape index (κ3) is 2.04. The van der Waals surface area contributed by atoms with E-state index in [1.165, 1.54) is 0 Å². The van der Waals surface area contributed by atoms with Crippen molar-refractivity contribution in [2.45, 2.75) is 6.92 Å². The number of pyridine rings is 2. The molecule has 0 aliphatic rings. The van der Waals surface area contributed by atoms with Crippen molar-refractivity contribution in [2.75, 3.05) is 6.61 Å². The summed E-state index contributed by atoms with van der Waals surface area (Å²) in [6.07, 6.45) is 1.64. The zero-order valence-corrected chi connectivity index (χ0v) is 10.2. The predicted molar refractivity (Wildman–Crippen MR) is 63.2 cm³/mol. The number of rotatable bonds is 2. The Hall–Kier alpha value is -1.49. The molecule has 2 heterocycles. The number of carbonyl (C=O) groups is 1. The van der Waals surface area contributed by atoms with Gasteiger partial charge in [-0.3, -0.25) is 0 Å². The predicted octanol–water partition coefficient (Wildman–Crippen LogP) is 2.57. The maximum absolute atomic E-state index is 11.6. The van der Waals surface area contributed by atoms with Crippen LogP contribution >= 0.6 is 15.9 Å².